The molecule has 0 aliphatic heterocycles. The molecule has 0 aliphatic rings. The second-order valence-electron chi connectivity index (χ2n) is 2.09. The van der Waals surface area contributed by atoms with Gasteiger partial charge in [-0.25, -0.2) is 0 Å². The van der Waals surface area contributed by atoms with Crippen LogP contribution in [0.3, 0.4) is 0 Å². The summed E-state index contributed by atoms with van der Waals surface area (Å²) in [5.74, 6) is -0.741. The summed E-state index contributed by atoms with van der Waals surface area (Å²) in [5.41, 5.74) is 1.26. The Balaban J connectivity index is 3.00. The molecule has 0 spiro atoms. The molecule has 1 unspecified atom stereocenters. The van der Waals surface area contributed by atoms with Gasteiger partial charge in [-0.1, -0.05) is 17.7 Å². The van der Waals surface area contributed by atoms with Crippen LogP contribution in [0.2, 0.25) is 0 Å². The van der Waals surface area contributed by atoms with Crippen molar-refractivity contribution < 1.29 is 0 Å². The Morgan fingerprint density at radius 3 is 2.20 bits per heavy atom. The Labute approximate surface area is 72.2 Å². The summed E-state index contributed by atoms with van der Waals surface area (Å²) >= 11 is 9.94. The summed E-state index contributed by atoms with van der Waals surface area (Å²) in [4.78, 5) is 0. The van der Waals surface area contributed by atoms with Crippen LogP contribution in [0.4, 0.5) is 0 Å². The minimum Gasteiger partial charge on any atom is -0.472 e. The van der Waals surface area contributed by atoms with Crippen molar-refractivity contribution in [2.45, 2.75) is 6.92 Å². The molecule has 1 atom stereocenters. The van der Waals surface area contributed by atoms with Gasteiger partial charge >= 0.3 is 0 Å². The van der Waals surface area contributed by atoms with Gasteiger partial charge in [0.05, 0.1) is 5.90 Å². The fourth-order valence-electron chi connectivity index (χ4n) is 0.666. The van der Waals surface area contributed by atoms with E-state index in [1.165, 1.54) is 5.56 Å². The predicted molar refractivity (Wildman–Crippen MR) is 52.5 cm³/mol. The van der Waals surface area contributed by atoms with Gasteiger partial charge in [0.15, 0.2) is 0 Å². The zero-order valence-electron chi connectivity index (χ0n) is 5.57. The van der Waals surface area contributed by atoms with Crippen LogP contribution in [0, 0.1) is 6.92 Å². The van der Waals surface area contributed by atoms with Crippen LogP contribution < -0.4 is 5.30 Å². The first-order valence-corrected chi connectivity index (χ1v) is 6.28. The van der Waals surface area contributed by atoms with E-state index in [2.05, 4.69) is 6.92 Å². The van der Waals surface area contributed by atoms with Crippen LogP contribution in [0.25, 0.3) is 0 Å². The van der Waals surface area contributed by atoms with E-state index in [1.807, 2.05) is 24.3 Å². The summed E-state index contributed by atoms with van der Waals surface area (Å²) in [6, 6.07) is 8.12. The molecule has 0 N–H and O–H groups in total. The van der Waals surface area contributed by atoms with Crippen molar-refractivity contribution in [3.8, 4) is 0 Å². The molecule has 1 rings (SSSR count). The number of hydrogen-bond acceptors (Lipinski definition) is 2. The number of aryl methyl sites for hydroxylation is 1. The number of rotatable bonds is 1. The van der Waals surface area contributed by atoms with E-state index in [0.29, 0.717) is 0 Å². The molecule has 10 heavy (non-hydrogen) atoms. The molecule has 0 heterocycles. The van der Waals surface area contributed by atoms with Gasteiger partial charge in [-0.2, -0.15) is 0 Å². The van der Waals surface area contributed by atoms with E-state index < -0.39 is 5.90 Å². The van der Waals surface area contributed by atoms with Gasteiger partial charge in [-0.3, -0.25) is 0 Å². The standard InChI is InChI=1S/C7H7PS2/c1-6-2-4-7(5-3-6)8(9)10/h2-5H,1H3. The molecule has 0 aliphatic carbocycles. The molecule has 0 radical (unpaired) electrons. The van der Waals surface area contributed by atoms with Gasteiger partial charge in [0, 0.05) is 0 Å². The van der Waals surface area contributed by atoms with Crippen LogP contribution in [-0.4, -0.2) is 0 Å². The average molecular weight is 186 g/mol. The maximum absolute atomic E-state index is 4.97. The highest BCUT2D eigenvalue weighted by Crippen LogP contribution is 2.15. The maximum atomic E-state index is 4.97. The van der Waals surface area contributed by atoms with Crippen molar-refractivity contribution in [2.24, 2.45) is 0 Å². The molecular weight excluding hydrogens is 179 g/mol. The Bertz CT molecular complexity index is 240. The Kier molecular flexibility index (Phi) is 2.84. The lowest BCUT2D eigenvalue weighted by Gasteiger charge is -1.93. The normalized spacial score (nSPS) is 11.2. The highest BCUT2D eigenvalue weighted by molar-refractivity contribution is 8.49. The van der Waals surface area contributed by atoms with Crippen molar-refractivity contribution in [3.63, 3.8) is 0 Å². The first-order valence-electron chi connectivity index (χ1n) is 2.91. The minimum absolute atomic E-state index is 0.741. The largest absolute Gasteiger partial charge is 0.472 e. The third-order valence-corrected chi connectivity index (χ3v) is 3.23. The first kappa shape index (κ1) is 8.19. The van der Waals surface area contributed by atoms with Crippen LogP contribution in [0.15, 0.2) is 24.3 Å². The Morgan fingerprint density at radius 1 is 1.30 bits per heavy atom. The van der Waals surface area contributed by atoms with Crippen molar-refractivity contribution in [1.82, 2.24) is 0 Å². The molecule has 1 aromatic rings. The minimum atomic E-state index is -0.741. The van der Waals surface area contributed by atoms with Gasteiger partial charge in [-0.05, 0) is 19.1 Å². The van der Waals surface area contributed by atoms with Crippen LogP contribution >= 0.6 is 5.90 Å². The monoisotopic (exact) mass is 186 g/mol. The first-order chi connectivity index (χ1) is 4.70. The van der Waals surface area contributed by atoms with Gasteiger partial charge in [-0.15, -0.1) is 0 Å². The second-order valence-corrected chi connectivity index (χ2v) is 6.01. The fraction of sp³-hybridized carbons (Fsp3) is 0.143. The molecule has 3 heteroatoms. The van der Waals surface area contributed by atoms with E-state index in [-0.39, 0.29) is 0 Å². The lowest BCUT2D eigenvalue weighted by atomic mass is 10.2. The Hall–Kier alpha value is 0.0900. The molecule has 52 valence electrons. The van der Waals surface area contributed by atoms with Crippen molar-refractivity contribution >= 4 is 35.3 Å². The molecule has 0 fully saturated rings. The van der Waals surface area contributed by atoms with Crippen LogP contribution in [-0.2, 0) is 24.1 Å². The van der Waals surface area contributed by atoms with Crippen molar-refractivity contribution in [2.75, 3.05) is 0 Å². The van der Waals surface area contributed by atoms with Crippen molar-refractivity contribution in [1.29, 1.82) is 0 Å². The summed E-state index contributed by atoms with van der Waals surface area (Å²) < 4.78 is 0. The van der Waals surface area contributed by atoms with E-state index >= 15 is 0 Å². The van der Waals surface area contributed by atoms with Gasteiger partial charge in [0.25, 0.3) is 0 Å². The number of hydrogen-bond donors (Lipinski definition) is 0. The van der Waals surface area contributed by atoms with E-state index in [1.54, 1.807) is 0 Å². The van der Waals surface area contributed by atoms with E-state index in [9.17, 15) is 0 Å². The Morgan fingerprint density at radius 2 is 1.80 bits per heavy atom. The third-order valence-electron chi connectivity index (χ3n) is 1.24. The zero-order chi connectivity index (χ0) is 7.56. The molecule has 0 amide bonds. The lowest BCUT2D eigenvalue weighted by molar-refractivity contribution is 1.49. The topological polar surface area (TPSA) is 0 Å². The predicted octanol–water partition coefficient (Wildman–Crippen LogP) is 2.03. The summed E-state index contributed by atoms with van der Waals surface area (Å²) in [7, 11) is 0. The van der Waals surface area contributed by atoms with E-state index in [0.717, 1.165) is 5.30 Å². The SMILES string of the molecule is Cc1ccc([P+](=S)[S-])cc1. The molecule has 0 saturated carbocycles. The second kappa shape index (κ2) is 3.47. The molecule has 0 saturated heterocycles. The van der Waals surface area contributed by atoms with Gasteiger partial charge in [0.2, 0.25) is 0 Å². The number of benzene rings is 1. The fourth-order valence-corrected chi connectivity index (χ4v) is 1.79. The zero-order valence-corrected chi connectivity index (χ0v) is 8.10. The third kappa shape index (κ3) is 2.05. The maximum Gasteiger partial charge on any atom is 0.139 e. The molecule has 0 bridgehead atoms. The van der Waals surface area contributed by atoms with Gasteiger partial charge < -0.3 is 12.2 Å². The van der Waals surface area contributed by atoms with E-state index in [4.69, 9.17) is 24.1 Å². The van der Waals surface area contributed by atoms with Crippen molar-refractivity contribution in [3.05, 3.63) is 29.8 Å². The molecule has 0 nitrogen and oxygen atoms in total. The lowest BCUT2D eigenvalue weighted by Crippen LogP contribution is -1.92. The summed E-state index contributed by atoms with van der Waals surface area (Å²) in [6.07, 6.45) is 0. The summed E-state index contributed by atoms with van der Waals surface area (Å²) in [5, 5.41) is 1.12. The highest BCUT2D eigenvalue weighted by Gasteiger charge is 1.96. The quantitative estimate of drug-likeness (QED) is 0.486. The molecular formula is C7H7PS2. The molecule has 1 aromatic carbocycles. The smallest absolute Gasteiger partial charge is 0.139 e. The van der Waals surface area contributed by atoms with Crippen LogP contribution in [0.5, 0.6) is 0 Å². The summed E-state index contributed by atoms with van der Waals surface area (Å²) in [6.45, 7) is 2.05. The van der Waals surface area contributed by atoms with Crippen LogP contribution in [0.1, 0.15) is 5.56 Å². The average Bonchev–Trinajstić information content (AvgIpc) is 1.88. The highest BCUT2D eigenvalue weighted by atomic mass is 32.9. The van der Waals surface area contributed by atoms with Gasteiger partial charge in [0.1, 0.15) is 17.1 Å². The molecule has 0 aromatic heterocycles.